The molecule has 0 aromatic heterocycles. The highest BCUT2D eigenvalue weighted by Crippen LogP contribution is 2.05. The van der Waals surface area contributed by atoms with E-state index >= 15 is 0 Å². The average Bonchev–Trinajstić information content (AvgIpc) is 2.52. The van der Waals surface area contributed by atoms with Crippen LogP contribution in [0.2, 0.25) is 0 Å². The first kappa shape index (κ1) is 20.2. The van der Waals surface area contributed by atoms with Crippen LogP contribution in [0.5, 0.6) is 0 Å². The predicted octanol–water partition coefficient (Wildman–Crippen LogP) is 0.487. The Morgan fingerprint density at radius 3 is 2.48 bits per heavy atom. The van der Waals surface area contributed by atoms with Crippen molar-refractivity contribution in [1.82, 2.24) is 10.6 Å². The van der Waals surface area contributed by atoms with Crippen LogP contribution in [0.3, 0.4) is 0 Å². The average molecular weight is 349 g/mol. The lowest BCUT2D eigenvalue weighted by Crippen LogP contribution is -2.51. The number of hydrogen-bond donors (Lipinski definition) is 4. The molecule has 0 spiro atoms. The molecule has 136 valence electrons. The number of hydrogen-bond acceptors (Lipinski definition) is 5. The molecule has 0 bridgehead atoms. The van der Waals surface area contributed by atoms with Gasteiger partial charge in [0.15, 0.2) is 0 Å². The number of carboxylic acid groups (broad SMARTS) is 1. The van der Waals surface area contributed by atoms with Gasteiger partial charge in [-0.15, -0.1) is 0 Å². The first-order valence-corrected chi connectivity index (χ1v) is 7.71. The minimum Gasteiger partial charge on any atom is -0.493 e. The van der Waals surface area contributed by atoms with Gasteiger partial charge in [-0.3, -0.25) is 14.4 Å². The summed E-state index contributed by atoms with van der Waals surface area (Å²) < 4.78 is 5.47. The van der Waals surface area contributed by atoms with Crippen molar-refractivity contribution < 1.29 is 24.2 Å². The van der Waals surface area contributed by atoms with Gasteiger partial charge < -0.3 is 26.2 Å². The molecule has 0 aliphatic rings. The van der Waals surface area contributed by atoms with E-state index in [1.165, 1.54) is 13.0 Å². The van der Waals surface area contributed by atoms with Gasteiger partial charge in [-0.05, 0) is 19.4 Å². The van der Waals surface area contributed by atoms with Gasteiger partial charge in [0.1, 0.15) is 6.61 Å². The lowest BCUT2D eigenvalue weighted by Gasteiger charge is -2.17. The van der Waals surface area contributed by atoms with E-state index in [0.717, 1.165) is 5.56 Å². The molecule has 2 atom stereocenters. The van der Waals surface area contributed by atoms with E-state index in [9.17, 15) is 14.4 Å². The van der Waals surface area contributed by atoms with E-state index < -0.39 is 36.4 Å². The quantitative estimate of drug-likeness (QED) is 0.291. The Balaban J connectivity index is 2.40. The second-order valence-electron chi connectivity index (χ2n) is 5.47. The molecule has 8 nitrogen and oxygen atoms in total. The van der Waals surface area contributed by atoms with Crippen LogP contribution in [-0.4, -0.2) is 35.1 Å². The van der Waals surface area contributed by atoms with E-state index in [0.29, 0.717) is 12.4 Å². The van der Waals surface area contributed by atoms with Crippen molar-refractivity contribution in [2.24, 2.45) is 5.73 Å². The summed E-state index contributed by atoms with van der Waals surface area (Å²) in [6.07, 6.45) is 0.0692. The van der Waals surface area contributed by atoms with Crippen LogP contribution in [-0.2, 0) is 25.7 Å². The molecule has 0 aliphatic carbocycles. The van der Waals surface area contributed by atoms with Gasteiger partial charge in [0.05, 0.1) is 24.4 Å². The first-order chi connectivity index (χ1) is 11.8. The lowest BCUT2D eigenvalue weighted by molar-refractivity contribution is -0.139. The highest BCUT2D eigenvalue weighted by molar-refractivity contribution is 5.89. The number of nitrogens with two attached hydrogens (primary N) is 1. The number of rotatable bonds is 9. The van der Waals surface area contributed by atoms with E-state index in [1.54, 1.807) is 6.92 Å². The van der Waals surface area contributed by atoms with Crippen molar-refractivity contribution in [2.75, 3.05) is 0 Å². The molecule has 0 saturated carbocycles. The maximum atomic E-state index is 11.9. The van der Waals surface area contributed by atoms with Crippen molar-refractivity contribution in [3.63, 3.8) is 0 Å². The van der Waals surface area contributed by atoms with Gasteiger partial charge in [0, 0.05) is 6.08 Å². The SMILES string of the molecule is CC(=CC(=O)NC(C)NC(=O)[C@@H](N)CC(=O)O)OCc1ccccc1. The smallest absolute Gasteiger partial charge is 0.305 e. The van der Waals surface area contributed by atoms with E-state index in [2.05, 4.69) is 10.6 Å². The molecule has 0 saturated heterocycles. The fourth-order valence-electron chi connectivity index (χ4n) is 1.89. The molecule has 1 rings (SSSR count). The van der Waals surface area contributed by atoms with Crippen LogP contribution in [0.15, 0.2) is 42.2 Å². The molecule has 1 aromatic carbocycles. The number of carbonyl (C=O) groups is 3. The molecule has 0 radical (unpaired) electrons. The van der Waals surface area contributed by atoms with Crippen molar-refractivity contribution in [2.45, 2.75) is 39.1 Å². The Labute approximate surface area is 146 Å². The number of benzene rings is 1. The van der Waals surface area contributed by atoms with Crippen LogP contribution in [0, 0.1) is 0 Å². The number of carboxylic acids is 1. The fraction of sp³-hybridized carbons (Fsp3) is 0.353. The van der Waals surface area contributed by atoms with Crippen LogP contribution < -0.4 is 16.4 Å². The summed E-state index contributed by atoms with van der Waals surface area (Å²) in [4.78, 5) is 34.0. The summed E-state index contributed by atoms with van der Waals surface area (Å²) in [5.74, 6) is -1.86. The highest BCUT2D eigenvalue weighted by Gasteiger charge is 2.19. The van der Waals surface area contributed by atoms with Gasteiger partial charge in [0.2, 0.25) is 11.8 Å². The summed E-state index contributed by atoms with van der Waals surface area (Å²) in [5, 5.41) is 13.5. The van der Waals surface area contributed by atoms with Crippen molar-refractivity contribution >= 4 is 17.8 Å². The number of aliphatic carboxylic acids is 1. The monoisotopic (exact) mass is 349 g/mol. The summed E-state index contributed by atoms with van der Waals surface area (Å²) in [5.41, 5.74) is 6.41. The zero-order chi connectivity index (χ0) is 18.8. The Hall–Kier alpha value is -2.87. The summed E-state index contributed by atoms with van der Waals surface area (Å²) >= 11 is 0. The van der Waals surface area contributed by atoms with Crippen LogP contribution in [0.25, 0.3) is 0 Å². The molecule has 0 heterocycles. The molecule has 0 fully saturated rings. The second-order valence-corrected chi connectivity index (χ2v) is 5.47. The summed E-state index contributed by atoms with van der Waals surface area (Å²) in [6.45, 7) is 3.53. The molecule has 8 heteroatoms. The second kappa shape index (κ2) is 10.1. The minimum atomic E-state index is -1.18. The standard InChI is InChI=1S/C17H23N3O5/c1-11(25-10-13-6-4-3-5-7-13)8-15(21)19-12(2)20-17(24)14(18)9-16(22)23/h3-8,12,14H,9-10,18H2,1-2H3,(H,19,21)(H,20,24)(H,22,23)/t12?,14-/m0/s1. The summed E-state index contributed by atoms with van der Waals surface area (Å²) in [7, 11) is 0. The van der Waals surface area contributed by atoms with Gasteiger partial charge >= 0.3 is 5.97 Å². The maximum Gasteiger partial charge on any atom is 0.305 e. The number of allylic oxidation sites excluding steroid dienone is 1. The summed E-state index contributed by atoms with van der Waals surface area (Å²) in [6, 6.07) is 8.32. The first-order valence-electron chi connectivity index (χ1n) is 7.71. The molecule has 2 amide bonds. The van der Waals surface area contributed by atoms with Gasteiger partial charge in [-0.1, -0.05) is 30.3 Å². The minimum absolute atomic E-state index is 0.340. The molecular weight excluding hydrogens is 326 g/mol. The van der Waals surface area contributed by atoms with Gasteiger partial charge in [-0.25, -0.2) is 0 Å². The van der Waals surface area contributed by atoms with E-state index in [4.69, 9.17) is 15.6 Å². The third-order valence-electron chi connectivity index (χ3n) is 3.09. The largest absolute Gasteiger partial charge is 0.493 e. The molecule has 5 N–H and O–H groups in total. The van der Waals surface area contributed by atoms with Crippen molar-refractivity contribution in [1.29, 1.82) is 0 Å². The van der Waals surface area contributed by atoms with Crippen LogP contribution in [0.1, 0.15) is 25.8 Å². The number of carbonyl (C=O) groups excluding carboxylic acids is 2. The van der Waals surface area contributed by atoms with Gasteiger partial charge in [0.25, 0.3) is 0 Å². The molecule has 0 aliphatic heterocycles. The zero-order valence-corrected chi connectivity index (χ0v) is 14.2. The molecule has 1 aromatic rings. The predicted molar refractivity (Wildman–Crippen MR) is 91.0 cm³/mol. The number of nitrogens with one attached hydrogen (secondary N) is 2. The lowest BCUT2D eigenvalue weighted by atomic mass is 10.2. The van der Waals surface area contributed by atoms with E-state index in [1.807, 2.05) is 30.3 Å². The zero-order valence-electron chi connectivity index (χ0n) is 14.2. The Morgan fingerprint density at radius 2 is 1.88 bits per heavy atom. The van der Waals surface area contributed by atoms with E-state index in [-0.39, 0.29) is 0 Å². The Kier molecular flexibility index (Phi) is 8.14. The normalized spacial score (nSPS) is 13.5. The Morgan fingerprint density at radius 1 is 1.24 bits per heavy atom. The number of amides is 2. The van der Waals surface area contributed by atoms with Crippen LogP contribution >= 0.6 is 0 Å². The Bertz CT molecular complexity index is 630. The van der Waals surface area contributed by atoms with Crippen molar-refractivity contribution in [3.8, 4) is 0 Å². The third-order valence-corrected chi connectivity index (χ3v) is 3.09. The van der Waals surface area contributed by atoms with Crippen molar-refractivity contribution in [3.05, 3.63) is 47.7 Å². The molecular formula is C17H23N3O5. The van der Waals surface area contributed by atoms with Gasteiger partial charge in [-0.2, -0.15) is 0 Å². The third kappa shape index (κ3) is 8.52. The van der Waals surface area contributed by atoms with Crippen LogP contribution in [0.4, 0.5) is 0 Å². The fourth-order valence-corrected chi connectivity index (χ4v) is 1.89. The number of ether oxygens (including phenoxy) is 1. The topological polar surface area (TPSA) is 131 Å². The molecule has 25 heavy (non-hydrogen) atoms. The molecule has 1 unspecified atom stereocenters. The maximum absolute atomic E-state index is 11.9. The highest BCUT2D eigenvalue weighted by atomic mass is 16.5.